The van der Waals surface area contributed by atoms with Gasteiger partial charge in [-0.3, -0.25) is 0 Å². The summed E-state index contributed by atoms with van der Waals surface area (Å²) in [5.74, 6) is 3.56. The topological polar surface area (TPSA) is 58.9 Å². The molecule has 4 heteroatoms. The molecular weight excluding hydrogens is 400 g/mol. The molecule has 0 bridgehead atoms. The summed E-state index contributed by atoms with van der Waals surface area (Å²) in [4.78, 5) is 0. The summed E-state index contributed by atoms with van der Waals surface area (Å²) in [6.45, 7) is 12.8. The molecule has 4 saturated carbocycles. The van der Waals surface area contributed by atoms with E-state index in [1.165, 1.54) is 25.7 Å². The normalized spacial score (nSPS) is 64.0. The van der Waals surface area contributed by atoms with Gasteiger partial charge in [-0.25, -0.2) is 0 Å². The summed E-state index contributed by atoms with van der Waals surface area (Å²) in [5.41, 5.74) is -0.459. The van der Waals surface area contributed by atoms with E-state index in [-0.39, 0.29) is 23.2 Å². The SMILES string of the molecule is C[C@H]1CC[C@@]2(OC1)O[C@H]1C[C@H]3[C@@H]4C[C@H](C)[C@@]5(O)C[C@@H](O)CC[C@]5(C)[C@H]4CC[C@]3(C)[C@H]1[C@H]2C. The van der Waals surface area contributed by atoms with Gasteiger partial charge in [-0.05, 0) is 91.3 Å². The lowest BCUT2D eigenvalue weighted by molar-refractivity contribution is -0.276. The first-order chi connectivity index (χ1) is 15.0. The Morgan fingerprint density at radius 2 is 1.69 bits per heavy atom. The Morgan fingerprint density at radius 3 is 2.41 bits per heavy atom. The number of rotatable bonds is 0. The van der Waals surface area contributed by atoms with Crippen LogP contribution in [0, 0.1) is 52.3 Å². The molecule has 6 fully saturated rings. The lowest BCUT2D eigenvalue weighted by Gasteiger charge is -2.66. The predicted octanol–water partition coefficient (Wildman–Crippen LogP) is 5.15. The van der Waals surface area contributed by atoms with Gasteiger partial charge in [0, 0.05) is 18.8 Å². The number of aliphatic hydroxyl groups is 2. The number of fused-ring (bicyclic) bond motifs is 7. The van der Waals surface area contributed by atoms with E-state index in [1.54, 1.807) is 0 Å². The molecule has 2 saturated heterocycles. The summed E-state index contributed by atoms with van der Waals surface area (Å²) in [7, 11) is 0. The minimum atomic E-state index is -0.714. The van der Waals surface area contributed by atoms with Crippen LogP contribution in [0.4, 0.5) is 0 Å². The fraction of sp³-hybridized carbons (Fsp3) is 1.00. The highest BCUT2D eigenvalue weighted by Crippen LogP contribution is 2.72. The Balaban J connectivity index is 1.30. The van der Waals surface area contributed by atoms with Crippen molar-refractivity contribution in [3.63, 3.8) is 0 Å². The quantitative estimate of drug-likeness (QED) is 0.540. The van der Waals surface area contributed by atoms with E-state index in [2.05, 4.69) is 34.6 Å². The van der Waals surface area contributed by atoms with Crippen molar-refractivity contribution in [2.45, 2.75) is 116 Å². The van der Waals surface area contributed by atoms with Crippen molar-refractivity contribution in [3.8, 4) is 0 Å². The molecule has 4 nitrogen and oxygen atoms in total. The van der Waals surface area contributed by atoms with Crippen LogP contribution < -0.4 is 0 Å². The van der Waals surface area contributed by atoms with Crippen LogP contribution in [0.25, 0.3) is 0 Å². The van der Waals surface area contributed by atoms with Gasteiger partial charge in [-0.15, -0.1) is 0 Å². The minimum Gasteiger partial charge on any atom is -0.393 e. The number of hydrogen-bond donors (Lipinski definition) is 2. The molecule has 2 heterocycles. The average molecular weight is 447 g/mol. The Morgan fingerprint density at radius 1 is 0.906 bits per heavy atom. The fourth-order valence-corrected chi connectivity index (χ4v) is 10.7. The number of aliphatic hydroxyl groups excluding tert-OH is 1. The molecule has 0 aromatic rings. The molecule has 6 rings (SSSR count). The number of ether oxygens (including phenoxy) is 2. The first-order valence-electron chi connectivity index (χ1n) is 13.8. The maximum atomic E-state index is 11.9. The zero-order valence-electron chi connectivity index (χ0n) is 21.0. The Labute approximate surface area is 194 Å². The lowest BCUT2D eigenvalue weighted by Crippen LogP contribution is -2.66. The molecule has 13 atom stereocenters. The molecule has 2 N–H and O–H groups in total. The molecule has 0 aromatic heterocycles. The molecule has 6 aliphatic rings. The highest BCUT2D eigenvalue weighted by molar-refractivity contribution is 5.19. The van der Waals surface area contributed by atoms with Crippen LogP contribution in [0.3, 0.4) is 0 Å². The predicted molar refractivity (Wildman–Crippen MR) is 124 cm³/mol. The summed E-state index contributed by atoms with van der Waals surface area (Å²) in [5, 5.41) is 22.3. The molecule has 32 heavy (non-hydrogen) atoms. The van der Waals surface area contributed by atoms with E-state index in [4.69, 9.17) is 9.47 Å². The molecule has 4 aliphatic carbocycles. The molecule has 182 valence electrons. The van der Waals surface area contributed by atoms with Gasteiger partial charge in [-0.1, -0.05) is 34.6 Å². The van der Waals surface area contributed by atoms with E-state index in [0.29, 0.717) is 53.4 Å². The summed E-state index contributed by atoms with van der Waals surface area (Å²) in [6, 6.07) is 0. The first-order valence-corrected chi connectivity index (χ1v) is 13.8. The second-order valence-electron chi connectivity index (χ2n) is 13.8. The van der Waals surface area contributed by atoms with Gasteiger partial charge in [0.15, 0.2) is 5.79 Å². The average Bonchev–Trinajstić information content (AvgIpc) is 3.18. The van der Waals surface area contributed by atoms with Gasteiger partial charge in [0.25, 0.3) is 0 Å². The Bertz CT molecular complexity index is 761. The summed E-state index contributed by atoms with van der Waals surface area (Å²) in [6.07, 6.45) is 9.42. The Hall–Kier alpha value is -0.160. The van der Waals surface area contributed by atoms with Crippen molar-refractivity contribution in [2.24, 2.45) is 52.3 Å². The molecule has 0 unspecified atom stereocenters. The van der Waals surface area contributed by atoms with Crippen molar-refractivity contribution in [2.75, 3.05) is 6.61 Å². The molecule has 0 radical (unpaired) electrons. The fourth-order valence-electron chi connectivity index (χ4n) is 10.7. The standard InChI is InChI=1S/C28H46O4/c1-16-6-11-28(31-15-16)18(3)24-23(32-28)13-22-20-12-17(2)27(30)14-19(29)7-10-26(27,5)21(20)8-9-25(22,24)4/h16-24,29-30H,6-15H2,1-5H3/t16-,17-,18+,19-,20+,21-,22-,23-,24-,25-,26+,27-,28+/m0/s1. The molecule has 2 aliphatic heterocycles. The van der Waals surface area contributed by atoms with Crippen LogP contribution in [0.15, 0.2) is 0 Å². The van der Waals surface area contributed by atoms with Crippen molar-refractivity contribution < 1.29 is 19.7 Å². The van der Waals surface area contributed by atoms with Crippen LogP contribution in [-0.4, -0.2) is 40.4 Å². The molecule has 0 aromatic carbocycles. The Kier molecular flexibility index (Phi) is 4.85. The molecular formula is C28H46O4. The highest BCUT2D eigenvalue weighted by atomic mass is 16.7. The number of hydrogen-bond acceptors (Lipinski definition) is 4. The first kappa shape index (κ1) is 22.3. The maximum absolute atomic E-state index is 11.9. The largest absolute Gasteiger partial charge is 0.393 e. The van der Waals surface area contributed by atoms with Crippen molar-refractivity contribution in [3.05, 3.63) is 0 Å². The van der Waals surface area contributed by atoms with Crippen LogP contribution in [0.1, 0.15) is 92.4 Å². The van der Waals surface area contributed by atoms with Gasteiger partial charge < -0.3 is 19.7 Å². The second kappa shape index (κ2) is 6.95. The smallest absolute Gasteiger partial charge is 0.171 e. The van der Waals surface area contributed by atoms with Crippen molar-refractivity contribution >= 4 is 0 Å². The third kappa shape index (κ3) is 2.65. The second-order valence-corrected chi connectivity index (χ2v) is 13.8. The molecule has 0 amide bonds. The van der Waals surface area contributed by atoms with Gasteiger partial charge in [0.1, 0.15) is 0 Å². The zero-order valence-corrected chi connectivity index (χ0v) is 21.0. The van der Waals surface area contributed by atoms with Crippen LogP contribution in [0.2, 0.25) is 0 Å². The highest BCUT2D eigenvalue weighted by Gasteiger charge is 2.71. The van der Waals surface area contributed by atoms with Crippen LogP contribution >= 0.6 is 0 Å². The summed E-state index contributed by atoms with van der Waals surface area (Å²) >= 11 is 0. The molecule has 1 spiro atoms. The van der Waals surface area contributed by atoms with Gasteiger partial charge in [0.2, 0.25) is 0 Å². The maximum Gasteiger partial charge on any atom is 0.171 e. The van der Waals surface area contributed by atoms with E-state index >= 15 is 0 Å². The van der Waals surface area contributed by atoms with E-state index < -0.39 is 5.60 Å². The van der Waals surface area contributed by atoms with Gasteiger partial charge in [-0.2, -0.15) is 0 Å². The monoisotopic (exact) mass is 446 g/mol. The van der Waals surface area contributed by atoms with Crippen molar-refractivity contribution in [1.29, 1.82) is 0 Å². The minimum absolute atomic E-state index is 0.0656. The van der Waals surface area contributed by atoms with E-state index in [9.17, 15) is 10.2 Å². The summed E-state index contributed by atoms with van der Waals surface area (Å²) < 4.78 is 13.4. The van der Waals surface area contributed by atoms with E-state index in [1.807, 2.05) is 0 Å². The van der Waals surface area contributed by atoms with Crippen LogP contribution in [0.5, 0.6) is 0 Å². The van der Waals surface area contributed by atoms with Gasteiger partial charge in [0.05, 0.1) is 24.4 Å². The van der Waals surface area contributed by atoms with Crippen molar-refractivity contribution in [1.82, 2.24) is 0 Å². The lowest BCUT2D eigenvalue weighted by atomic mass is 9.41. The third-order valence-electron chi connectivity index (χ3n) is 12.5. The van der Waals surface area contributed by atoms with Crippen LogP contribution in [-0.2, 0) is 9.47 Å². The van der Waals surface area contributed by atoms with Gasteiger partial charge >= 0.3 is 0 Å². The van der Waals surface area contributed by atoms with E-state index in [0.717, 1.165) is 32.3 Å². The zero-order chi connectivity index (χ0) is 22.7. The third-order valence-corrected chi connectivity index (χ3v) is 12.5.